The highest BCUT2D eigenvalue weighted by Crippen LogP contribution is 2.27. The Balaban J connectivity index is 2.08. The molecule has 0 saturated carbocycles. The number of ether oxygens (including phenoxy) is 1. The van der Waals surface area contributed by atoms with Gasteiger partial charge in [0.1, 0.15) is 0 Å². The molecular formula is C12H18BrN3O. The van der Waals surface area contributed by atoms with Gasteiger partial charge in [0.2, 0.25) is 11.8 Å². The van der Waals surface area contributed by atoms with Gasteiger partial charge in [-0.25, -0.2) is 4.98 Å². The van der Waals surface area contributed by atoms with Crippen molar-refractivity contribution in [3.63, 3.8) is 0 Å². The number of rotatable bonds is 4. The van der Waals surface area contributed by atoms with Gasteiger partial charge in [0, 0.05) is 13.1 Å². The van der Waals surface area contributed by atoms with Crippen molar-refractivity contribution >= 4 is 21.9 Å². The van der Waals surface area contributed by atoms with Gasteiger partial charge in [-0.15, -0.1) is 0 Å². The molecule has 0 N–H and O–H groups in total. The Kier molecular flexibility index (Phi) is 4.20. The van der Waals surface area contributed by atoms with Gasteiger partial charge in [0.25, 0.3) is 0 Å². The number of hydrogen-bond acceptors (Lipinski definition) is 4. The highest BCUT2D eigenvalue weighted by molar-refractivity contribution is 9.10. The molecule has 0 bridgehead atoms. The molecule has 1 aliphatic rings. The van der Waals surface area contributed by atoms with Crippen molar-refractivity contribution in [3.8, 4) is 5.88 Å². The molecule has 1 aromatic rings. The number of halogens is 1. The van der Waals surface area contributed by atoms with Crippen LogP contribution < -0.4 is 9.64 Å². The number of anilines is 1. The average Bonchev–Trinajstić information content (AvgIpc) is 2.79. The van der Waals surface area contributed by atoms with Gasteiger partial charge in [-0.05, 0) is 34.7 Å². The molecule has 1 atom stereocenters. The Bertz CT molecular complexity index is 386. The summed E-state index contributed by atoms with van der Waals surface area (Å²) >= 11 is 3.37. The van der Waals surface area contributed by atoms with Crippen LogP contribution in [0.25, 0.3) is 0 Å². The van der Waals surface area contributed by atoms with Crippen molar-refractivity contribution in [2.75, 3.05) is 25.1 Å². The second kappa shape index (κ2) is 5.67. The lowest BCUT2D eigenvalue weighted by molar-refractivity contribution is 0.394. The van der Waals surface area contributed by atoms with Crippen LogP contribution in [0.1, 0.15) is 26.2 Å². The number of hydrogen-bond donors (Lipinski definition) is 0. The summed E-state index contributed by atoms with van der Waals surface area (Å²) in [5.74, 6) is 2.18. The van der Waals surface area contributed by atoms with Gasteiger partial charge < -0.3 is 9.64 Å². The molecule has 4 nitrogen and oxygen atoms in total. The van der Waals surface area contributed by atoms with Crippen LogP contribution in [-0.2, 0) is 0 Å². The number of nitrogens with zero attached hydrogens (tertiary/aromatic N) is 3. The smallest absolute Gasteiger partial charge is 0.232 e. The van der Waals surface area contributed by atoms with E-state index in [0.717, 1.165) is 29.4 Å². The van der Waals surface area contributed by atoms with Crippen molar-refractivity contribution in [1.82, 2.24) is 9.97 Å². The summed E-state index contributed by atoms with van der Waals surface area (Å²) in [6, 6.07) is 0. The summed E-state index contributed by atoms with van der Waals surface area (Å²) in [6.07, 6.45) is 5.55. The Morgan fingerprint density at radius 1 is 1.59 bits per heavy atom. The molecule has 0 radical (unpaired) electrons. The maximum atomic E-state index is 5.19. The Morgan fingerprint density at radius 2 is 2.41 bits per heavy atom. The van der Waals surface area contributed by atoms with E-state index in [0.29, 0.717) is 5.88 Å². The van der Waals surface area contributed by atoms with Gasteiger partial charge in [0.15, 0.2) is 0 Å². The lowest BCUT2D eigenvalue weighted by atomic mass is 10.0. The molecule has 2 heterocycles. The zero-order chi connectivity index (χ0) is 12.3. The summed E-state index contributed by atoms with van der Waals surface area (Å²) in [6.45, 7) is 4.36. The number of aromatic nitrogens is 2. The molecule has 1 saturated heterocycles. The van der Waals surface area contributed by atoms with Gasteiger partial charge in [-0.2, -0.15) is 4.98 Å². The van der Waals surface area contributed by atoms with E-state index >= 15 is 0 Å². The van der Waals surface area contributed by atoms with E-state index in [1.807, 2.05) is 0 Å². The second-order valence-electron chi connectivity index (χ2n) is 4.42. The lowest BCUT2D eigenvalue weighted by Gasteiger charge is -2.16. The van der Waals surface area contributed by atoms with E-state index in [4.69, 9.17) is 4.74 Å². The van der Waals surface area contributed by atoms with E-state index in [-0.39, 0.29) is 0 Å². The molecule has 2 rings (SSSR count). The fourth-order valence-electron chi connectivity index (χ4n) is 2.30. The molecule has 1 aliphatic heterocycles. The summed E-state index contributed by atoms with van der Waals surface area (Å²) in [4.78, 5) is 11.0. The minimum atomic E-state index is 0.606. The summed E-state index contributed by atoms with van der Waals surface area (Å²) < 4.78 is 5.99. The Morgan fingerprint density at radius 3 is 3.12 bits per heavy atom. The van der Waals surface area contributed by atoms with Crippen LogP contribution in [0.5, 0.6) is 5.88 Å². The van der Waals surface area contributed by atoms with Crippen LogP contribution in [0.2, 0.25) is 0 Å². The molecule has 1 fully saturated rings. The molecular weight excluding hydrogens is 282 g/mol. The van der Waals surface area contributed by atoms with Crippen molar-refractivity contribution in [1.29, 1.82) is 0 Å². The first kappa shape index (κ1) is 12.6. The predicted molar refractivity (Wildman–Crippen MR) is 71.5 cm³/mol. The monoisotopic (exact) mass is 299 g/mol. The fraction of sp³-hybridized carbons (Fsp3) is 0.667. The quantitative estimate of drug-likeness (QED) is 0.857. The van der Waals surface area contributed by atoms with E-state index in [1.165, 1.54) is 19.3 Å². The summed E-state index contributed by atoms with van der Waals surface area (Å²) in [5, 5.41) is 0. The number of methoxy groups -OCH3 is 1. The molecule has 1 unspecified atom stereocenters. The van der Waals surface area contributed by atoms with Crippen LogP contribution in [0.15, 0.2) is 10.7 Å². The first-order valence-electron chi connectivity index (χ1n) is 6.06. The minimum absolute atomic E-state index is 0.606. The summed E-state index contributed by atoms with van der Waals surface area (Å²) in [7, 11) is 1.63. The van der Waals surface area contributed by atoms with Crippen molar-refractivity contribution < 1.29 is 4.74 Å². The van der Waals surface area contributed by atoms with Crippen LogP contribution in [0, 0.1) is 5.92 Å². The van der Waals surface area contributed by atoms with Gasteiger partial charge in [0.05, 0.1) is 17.8 Å². The van der Waals surface area contributed by atoms with Crippen molar-refractivity contribution in [3.05, 3.63) is 10.7 Å². The lowest BCUT2D eigenvalue weighted by Crippen LogP contribution is -2.22. The third-order valence-electron chi connectivity index (χ3n) is 3.16. The highest BCUT2D eigenvalue weighted by Gasteiger charge is 2.24. The maximum absolute atomic E-state index is 5.19. The topological polar surface area (TPSA) is 38.2 Å². The SMILES string of the molecule is CCCC1CCN(c2ncc(Br)c(OC)n2)C1. The molecule has 94 valence electrons. The highest BCUT2D eigenvalue weighted by atomic mass is 79.9. The third kappa shape index (κ3) is 2.89. The van der Waals surface area contributed by atoms with Gasteiger partial charge in [-0.3, -0.25) is 0 Å². The molecule has 0 aliphatic carbocycles. The fourth-order valence-corrected chi connectivity index (χ4v) is 2.65. The van der Waals surface area contributed by atoms with Crippen LogP contribution >= 0.6 is 15.9 Å². The normalized spacial score (nSPS) is 19.7. The zero-order valence-electron chi connectivity index (χ0n) is 10.3. The summed E-state index contributed by atoms with van der Waals surface area (Å²) in [5.41, 5.74) is 0. The minimum Gasteiger partial charge on any atom is -0.480 e. The van der Waals surface area contributed by atoms with Gasteiger partial charge >= 0.3 is 0 Å². The van der Waals surface area contributed by atoms with Crippen LogP contribution in [-0.4, -0.2) is 30.2 Å². The molecule has 1 aromatic heterocycles. The van der Waals surface area contributed by atoms with Crippen molar-refractivity contribution in [2.24, 2.45) is 5.92 Å². The predicted octanol–water partition coefficient (Wildman–Crippen LogP) is 2.87. The van der Waals surface area contributed by atoms with Gasteiger partial charge in [-0.1, -0.05) is 13.3 Å². The zero-order valence-corrected chi connectivity index (χ0v) is 11.9. The van der Waals surface area contributed by atoms with E-state index in [2.05, 4.69) is 37.7 Å². The second-order valence-corrected chi connectivity index (χ2v) is 5.27. The van der Waals surface area contributed by atoms with E-state index in [9.17, 15) is 0 Å². The van der Waals surface area contributed by atoms with Crippen molar-refractivity contribution in [2.45, 2.75) is 26.2 Å². The first-order chi connectivity index (χ1) is 8.24. The molecule has 0 spiro atoms. The van der Waals surface area contributed by atoms with E-state index in [1.54, 1.807) is 13.3 Å². The molecule has 0 aromatic carbocycles. The Labute approximate surface area is 111 Å². The maximum Gasteiger partial charge on any atom is 0.232 e. The Hall–Kier alpha value is -0.840. The largest absolute Gasteiger partial charge is 0.480 e. The van der Waals surface area contributed by atoms with Crippen LogP contribution in [0.4, 0.5) is 5.95 Å². The average molecular weight is 300 g/mol. The molecule has 5 heteroatoms. The standard InChI is InChI=1S/C12H18BrN3O/c1-3-4-9-5-6-16(8-9)12-14-7-10(13)11(15-12)17-2/h7,9H,3-6,8H2,1-2H3. The first-order valence-corrected chi connectivity index (χ1v) is 6.85. The van der Waals surface area contributed by atoms with Crippen LogP contribution in [0.3, 0.4) is 0 Å². The third-order valence-corrected chi connectivity index (χ3v) is 3.70. The molecule has 0 amide bonds. The molecule has 17 heavy (non-hydrogen) atoms. The van der Waals surface area contributed by atoms with E-state index < -0.39 is 0 Å².